The van der Waals surface area contributed by atoms with Gasteiger partial charge in [0, 0.05) is 0 Å². The zero-order valence-corrected chi connectivity index (χ0v) is 6.69. The summed E-state index contributed by atoms with van der Waals surface area (Å²) in [5.74, 6) is -3.74. The van der Waals surface area contributed by atoms with Gasteiger partial charge in [0.2, 0.25) is 0 Å². The van der Waals surface area contributed by atoms with E-state index >= 15 is 0 Å². The Hall–Kier alpha value is -1.06. The summed E-state index contributed by atoms with van der Waals surface area (Å²) in [6.45, 7) is 0. The smallest absolute Gasteiger partial charge is 0.318 e. The van der Waals surface area contributed by atoms with Gasteiger partial charge in [0.15, 0.2) is 5.92 Å². The molecule has 0 aromatic carbocycles. The average Bonchev–Trinajstić information content (AvgIpc) is 2.37. The largest absolute Gasteiger partial charge is 0.481 e. The highest BCUT2D eigenvalue weighted by Gasteiger charge is 2.36. The predicted molar refractivity (Wildman–Crippen MR) is 40.7 cm³/mol. The number of hydrogen-bond acceptors (Lipinski definition) is 2. The Bertz CT molecular complexity index is 179. The number of carboxylic acids is 2. The topological polar surface area (TPSA) is 74.6 Å². The molecule has 1 aliphatic carbocycles. The van der Waals surface area contributed by atoms with Crippen LogP contribution in [0.25, 0.3) is 0 Å². The van der Waals surface area contributed by atoms with Gasteiger partial charge in [-0.25, -0.2) is 0 Å². The molecule has 0 aromatic rings. The van der Waals surface area contributed by atoms with Crippen LogP contribution in [-0.4, -0.2) is 22.2 Å². The van der Waals surface area contributed by atoms with Crippen LogP contribution in [0.4, 0.5) is 0 Å². The van der Waals surface area contributed by atoms with Crippen LogP contribution in [0.5, 0.6) is 0 Å². The molecule has 4 heteroatoms. The van der Waals surface area contributed by atoms with Crippen molar-refractivity contribution < 1.29 is 19.8 Å². The molecule has 0 amide bonds. The molecule has 0 unspecified atom stereocenters. The van der Waals surface area contributed by atoms with Crippen molar-refractivity contribution in [3.63, 3.8) is 0 Å². The van der Waals surface area contributed by atoms with Gasteiger partial charge in [-0.2, -0.15) is 0 Å². The summed E-state index contributed by atoms with van der Waals surface area (Å²) in [6, 6.07) is 0. The van der Waals surface area contributed by atoms with Gasteiger partial charge >= 0.3 is 11.9 Å². The molecule has 12 heavy (non-hydrogen) atoms. The molecule has 0 saturated heterocycles. The molecule has 0 aliphatic heterocycles. The Morgan fingerprint density at radius 2 is 1.50 bits per heavy atom. The first-order valence-corrected chi connectivity index (χ1v) is 4.08. The molecule has 0 radical (unpaired) electrons. The summed E-state index contributed by atoms with van der Waals surface area (Å²) in [6.07, 6.45) is 3.40. The Balaban J connectivity index is 2.64. The molecule has 2 N–H and O–H groups in total. The van der Waals surface area contributed by atoms with Gasteiger partial charge in [-0.15, -0.1) is 0 Å². The maximum absolute atomic E-state index is 10.5. The van der Waals surface area contributed by atoms with Crippen molar-refractivity contribution in [2.45, 2.75) is 25.7 Å². The quantitative estimate of drug-likeness (QED) is 0.622. The number of hydrogen-bond donors (Lipinski definition) is 2. The van der Waals surface area contributed by atoms with Crippen LogP contribution in [0.1, 0.15) is 25.7 Å². The minimum atomic E-state index is -1.20. The van der Waals surface area contributed by atoms with Crippen LogP contribution in [0.3, 0.4) is 0 Å². The standard InChI is InChI=1S/C8H12O4/c9-7(10)6(8(11)12)5-3-1-2-4-5/h5-6H,1-4H2,(H,9,10)(H,11,12). The average molecular weight is 172 g/mol. The summed E-state index contributed by atoms with van der Waals surface area (Å²) in [5, 5.41) is 17.2. The number of carboxylic acid groups (broad SMARTS) is 2. The van der Waals surface area contributed by atoms with E-state index in [9.17, 15) is 9.59 Å². The molecule has 1 rings (SSSR count). The maximum atomic E-state index is 10.5. The zero-order valence-electron chi connectivity index (χ0n) is 6.69. The number of rotatable bonds is 3. The van der Waals surface area contributed by atoms with Gasteiger partial charge < -0.3 is 10.2 Å². The second kappa shape index (κ2) is 3.56. The molecule has 0 heterocycles. The molecule has 1 fully saturated rings. The molecule has 4 nitrogen and oxygen atoms in total. The van der Waals surface area contributed by atoms with Crippen molar-refractivity contribution in [1.29, 1.82) is 0 Å². The van der Waals surface area contributed by atoms with E-state index in [4.69, 9.17) is 10.2 Å². The van der Waals surface area contributed by atoms with Crippen molar-refractivity contribution in [3.8, 4) is 0 Å². The van der Waals surface area contributed by atoms with E-state index in [2.05, 4.69) is 0 Å². The fourth-order valence-electron chi connectivity index (χ4n) is 1.80. The third kappa shape index (κ3) is 1.75. The summed E-state index contributed by atoms with van der Waals surface area (Å²) in [7, 11) is 0. The summed E-state index contributed by atoms with van der Waals surface area (Å²) < 4.78 is 0. The highest BCUT2D eigenvalue weighted by molar-refractivity contribution is 5.93. The monoisotopic (exact) mass is 172 g/mol. The Morgan fingerprint density at radius 3 is 1.83 bits per heavy atom. The number of carbonyl (C=O) groups is 2. The molecule has 0 aromatic heterocycles. The van der Waals surface area contributed by atoms with E-state index in [0.29, 0.717) is 0 Å². The minimum Gasteiger partial charge on any atom is -0.481 e. The molecule has 0 spiro atoms. The molecule has 68 valence electrons. The maximum Gasteiger partial charge on any atom is 0.318 e. The second-order valence-corrected chi connectivity index (χ2v) is 3.20. The first kappa shape index (κ1) is 9.03. The Labute approximate surface area is 70.2 Å². The van der Waals surface area contributed by atoms with Crippen molar-refractivity contribution in [2.75, 3.05) is 0 Å². The lowest BCUT2D eigenvalue weighted by Crippen LogP contribution is -2.29. The van der Waals surface area contributed by atoms with Crippen LogP contribution in [0.2, 0.25) is 0 Å². The lowest BCUT2D eigenvalue weighted by molar-refractivity contribution is -0.157. The molecule has 0 bridgehead atoms. The minimum absolute atomic E-state index is 0.153. The van der Waals surface area contributed by atoms with Crippen LogP contribution < -0.4 is 0 Å². The van der Waals surface area contributed by atoms with E-state index in [1.54, 1.807) is 0 Å². The fraction of sp³-hybridized carbons (Fsp3) is 0.750. The summed E-state index contributed by atoms with van der Waals surface area (Å²) in [4.78, 5) is 21.1. The lowest BCUT2D eigenvalue weighted by Gasteiger charge is -2.13. The third-order valence-corrected chi connectivity index (χ3v) is 2.40. The lowest BCUT2D eigenvalue weighted by atomic mass is 9.91. The van der Waals surface area contributed by atoms with E-state index in [1.165, 1.54) is 0 Å². The van der Waals surface area contributed by atoms with Gasteiger partial charge in [-0.3, -0.25) is 9.59 Å². The van der Waals surface area contributed by atoms with Crippen molar-refractivity contribution in [1.82, 2.24) is 0 Å². The second-order valence-electron chi connectivity index (χ2n) is 3.20. The summed E-state index contributed by atoms with van der Waals surface area (Å²) in [5.41, 5.74) is 0. The van der Waals surface area contributed by atoms with E-state index in [0.717, 1.165) is 25.7 Å². The number of aliphatic carboxylic acids is 2. The van der Waals surface area contributed by atoms with E-state index in [1.807, 2.05) is 0 Å². The van der Waals surface area contributed by atoms with E-state index < -0.39 is 17.9 Å². The van der Waals surface area contributed by atoms with Gasteiger partial charge in [-0.05, 0) is 18.8 Å². The SMILES string of the molecule is O=C(O)C(C(=O)O)C1CCCC1. The van der Waals surface area contributed by atoms with Crippen LogP contribution in [-0.2, 0) is 9.59 Å². The third-order valence-electron chi connectivity index (χ3n) is 2.40. The van der Waals surface area contributed by atoms with Crippen molar-refractivity contribution >= 4 is 11.9 Å². The first-order chi connectivity index (χ1) is 5.63. The van der Waals surface area contributed by atoms with Crippen LogP contribution in [0.15, 0.2) is 0 Å². The molecular formula is C8H12O4. The molecular weight excluding hydrogens is 160 g/mol. The highest BCUT2D eigenvalue weighted by atomic mass is 16.4. The summed E-state index contributed by atoms with van der Waals surface area (Å²) >= 11 is 0. The molecule has 0 atom stereocenters. The fourth-order valence-corrected chi connectivity index (χ4v) is 1.80. The van der Waals surface area contributed by atoms with Gasteiger partial charge in [0.25, 0.3) is 0 Å². The van der Waals surface area contributed by atoms with Gasteiger partial charge in [0.1, 0.15) is 0 Å². The molecule has 1 aliphatic rings. The predicted octanol–water partition coefficient (Wildman–Crippen LogP) is 0.962. The first-order valence-electron chi connectivity index (χ1n) is 4.08. The Morgan fingerprint density at radius 1 is 1.08 bits per heavy atom. The van der Waals surface area contributed by atoms with Crippen LogP contribution >= 0.6 is 0 Å². The van der Waals surface area contributed by atoms with Gasteiger partial charge in [0.05, 0.1) is 0 Å². The highest BCUT2D eigenvalue weighted by Crippen LogP contribution is 2.31. The Kier molecular flexibility index (Phi) is 2.68. The van der Waals surface area contributed by atoms with Crippen molar-refractivity contribution in [2.24, 2.45) is 11.8 Å². The normalized spacial score (nSPS) is 18.4. The van der Waals surface area contributed by atoms with Crippen molar-refractivity contribution in [3.05, 3.63) is 0 Å². The van der Waals surface area contributed by atoms with Crippen LogP contribution in [0, 0.1) is 11.8 Å². The van der Waals surface area contributed by atoms with Gasteiger partial charge in [-0.1, -0.05) is 12.8 Å². The zero-order chi connectivity index (χ0) is 9.14. The molecule has 1 saturated carbocycles. The van der Waals surface area contributed by atoms with E-state index in [-0.39, 0.29) is 5.92 Å².